The lowest BCUT2D eigenvalue weighted by atomic mass is 9.99. The summed E-state index contributed by atoms with van der Waals surface area (Å²) in [5, 5.41) is 13.7. The molecule has 1 unspecified atom stereocenters. The number of nitrogens with one attached hydrogen (secondary N) is 1. The van der Waals surface area contributed by atoms with Crippen molar-refractivity contribution in [1.82, 2.24) is 5.32 Å². The highest BCUT2D eigenvalue weighted by Gasteiger charge is 2.41. The Kier molecular flexibility index (Phi) is 9.06. The molecular weight excluding hydrogens is 803 g/mol. The first-order valence-electron chi connectivity index (χ1n) is 21.3. The summed E-state index contributed by atoms with van der Waals surface area (Å²) in [6.07, 6.45) is -0.423. The maximum Gasteiger partial charge on any atom is 0.179 e. The molecule has 298 valence electrons. The van der Waals surface area contributed by atoms with Crippen LogP contribution in [0.3, 0.4) is 0 Å². The van der Waals surface area contributed by atoms with Crippen LogP contribution in [0.25, 0.3) is 53.2 Å². The third-order valence-corrected chi connectivity index (χ3v) is 18.4. The van der Waals surface area contributed by atoms with Crippen LogP contribution in [-0.4, -0.2) is 19.7 Å². The molecule has 1 atom stereocenters. The maximum atomic E-state index is 6.63. The molecular formula is C57H39N3OSSi. The summed E-state index contributed by atoms with van der Waals surface area (Å²) in [4.78, 5) is 10.5. The lowest BCUT2D eigenvalue weighted by molar-refractivity contribution is 0.662. The molecule has 0 amide bonds. The van der Waals surface area contributed by atoms with Crippen LogP contribution in [0, 0.1) is 0 Å². The van der Waals surface area contributed by atoms with E-state index in [-0.39, 0.29) is 0 Å². The normalized spacial score (nSPS) is 14.2. The molecule has 1 aliphatic heterocycles. The monoisotopic (exact) mass is 841 g/mol. The summed E-state index contributed by atoms with van der Waals surface area (Å²) in [7, 11) is -2.73. The lowest BCUT2D eigenvalue weighted by Crippen LogP contribution is -2.74. The van der Waals surface area contributed by atoms with Gasteiger partial charge in [0.25, 0.3) is 0 Å². The van der Waals surface area contributed by atoms with Gasteiger partial charge in [0.05, 0.1) is 0 Å². The molecule has 0 aliphatic carbocycles. The highest BCUT2D eigenvalue weighted by Crippen LogP contribution is 2.39. The molecule has 9 aromatic carbocycles. The van der Waals surface area contributed by atoms with Gasteiger partial charge in [0.15, 0.2) is 13.9 Å². The van der Waals surface area contributed by atoms with Crippen LogP contribution < -0.4 is 26.1 Å². The van der Waals surface area contributed by atoms with Crippen LogP contribution >= 0.6 is 11.3 Å². The fourth-order valence-corrected chi connectivity index (χ4v) is 15.5. The smallest absolute Gasteiger partial charge is 0.179 e. The van der Waals surface area contributed by atoms with Gasteiger partial charge in [-0.15, -0.1) is 11.3 Å². The number of fused-ring (bicyclic) bond motifs is 6. The lowest BCUT2D eigenvalue weighted by Gasteiger charge is -2.34. The van der Waals surface area contributed by atoms with Gasteiger partial charge in [0.1, 0.15) is 23.2 Å². The minimum Gasteiger partial charge on any atom is -0.456 e. The third-order valence-electron chi connectivity index (χ3n) is 12.5. The molecule has 0 fully saturated rings. The van der Waals surface area contributed by atoms with Gasteiger partial charge in [-0.2, -0.15) is 0 Å². The molecule has 2 aromatic heterocycles. The molecule has 3 heterocycles. The second kappa shape index (κ2) is 15.4. The summed E-state index contributed by atoms with van der Waals surface area (Å²) in [5.74, 6) is 1.48. The number of amidine groups is 2. The van der Waals surface area contributed by atoms with Gasteiger partial charge in [0.2, 0.25) is 0 Å². The van der Waals surface area contributed by atoms with Gasteiger partial charge in [-0.3, -0.25) is 0 Å². The zero-order valence-electron chi connectivity index (χ0n) is 34.2. The van der Waals surface area contributed by atoms with Crippen LogP contribution in [0.5, 0.6) is 0 Å². The summed E-state index contributed by atoms with van der Waals surface area (Å²) in [6.45, 7) is 0. The predicted octanol–water partition coefficient (Wildman–Crippen LogP) is 11.5. The molecule has 1 N–H and O–H groups in total. The van der Waals surface area contributed by atoms with Gasteiger partial charge in [0, 0.05) is 47.6 Å². The second-order valence-corrected chi connectivity index (χ2v) is 21.0. The van der Waals surface area contributed by atoms with Crippen molar-refractivity contribution < 1.29 is 4.42 Å². The fourth-order valence-electron chi connectivity index (χ4n) is 9.60. The average Bonchev–Trinajstić information content (AvgIpc) is 3.93. The van der Waals surface area contributed by atoms with E-state index in [1.807, 2.05) is 29.5 Å². The van der Waals surface area contributed by atoms with Crippen molar-refractivity contribution >= 4 is 93.9 Å². The number of thiophene rings is 1. The molecule has 0 bridgehead atoms. The number of benzene rings is 9. The Morgan fingerprint density at radius 2 is 1.00 bits per heavy atom. The molecule has 11 aromatic rings. The molecule has 4 nitrogen and oxygen atoms in total. The number of rotatable bonds is 8. The Labute approximate surface area is 370 Å². The zero-order chi connectivity index (χ0) is 41.7. The van der Waals surface area contributed by atoms with E-state index in [2.05, 4.69) is 212 Å². The molecule has 0 saturated heterocycles. The molecule has 0 radical (unpaired) electrons. The van der Waals surface area contributed by atoms with Gasteiger partial charge < -0.3 is 9.73 Å². The van der Waals surface area contributed by atoms with Gasteiger partial charge in [-0.25, -0.2) is 9.98 Å². The van der Waals surface area contributed by atoms with E-state index in [4.69, 9.17) is 14.4 Å². The Morgan fingerprint density at radius 1 is 0.429 bits per heavy atom. The van der Waals surface area contributed by atoms with Crippen molar-refractivity contribution in [3.63, 3.8) is 0 Å². The van der Waals surface area contributed by atoms with Crippen molar-refractivity contribution in [2.24, 2.45) is 9.98 Å². The molecule has 1 aliphatic rings. The van der Waals surface area contributed by atoms with Crippen molar-refractivity contribution in [2.45, 2.75) is 6.17 Å². The Hall–Kier alpha value is -7.64. The fraction of sp³-hybridized carbons (Fsp3) is 0.0175. The zero-order valence-corrected chi connectivity index (χ0v) is 36.0. The SMILES string of the molecule is c1ccc(C2=NC(c3cccc4oc5ccc(-c6cccc([Si](c7ccccc7)(c7ccccc7)c7ccccc7)c6)cc5c34)NC(c3ccc4sc5ccccc5c4c3)=N2)cc1. The highest BCUT2D eigenvalue weighted by atomic mass is 32.1. The standard InChI is InChI=1S/C57H39N3OSSi/c1-5-17-38(18-6-1)55-58-56(41-32-34-53-48(37-41)46-27-13-14-30-52(46)62-53)60-57(59-55)47-28-16-29-51-54(47)49-36-40(31-33-50(49)61-51)39-19-15-26-45(35-39)63(42-20-7-2-8-21-42,43-22-9-3-10-23-43)44-24-11-4-12-25-44/h1-37,57H,(H,58,59,60). The Balaban J connectivity index is 1.00. The van der Waals surface area contributed by atoms with Crippen molar-refractivity contribution in [3.8, 4) is 11.1 Å². The van der Waals surface area contributed by atoms with Gasteiger partial charge in [-0.05, 0) is 74.3 Å². The Bertz CT molecular complexity index is 3450. The molecule has 6 heteroatoms. The quantitative estimate of drug-likeness (QED) is 0.122. The van der Waals surface area contributed by atoms with E-state index in [9.17, 15) is 0 Å². The Morgan fingerprint density at radius 3 is 1.73 bits per heavy atom. The van der Waals surface area contributed by atoms with Crippen LogP contribution in [0.4, 0.5) is 0 Å². The molecule has 12 rings (SSSR count). The van der Waals surface area contributed by atoms with E-state index in [1.165, 1.54) is 40.9 Å². The average molecular weight is 842 g/mol. The molecule has 63 heavy (non-hydrogen) atoms. The number of hydrogen-bond donors (Lipinski definition) is 1. The number of furan rings is 1. The highest BCUT2D eigenvalue weighted by molar-refractivity contribution is 7.25. The van der Waals surface area contributed by atoms with Crippen molar-refractivity contribution in [1.29, 1.82) is 0 Å². The largest absolute Gasteiger partial charge is 0.456 e. The van der Waals surface area contributed by atoms with Crippen molar-refractivity contribution in [2.75, 3.05) is 0 Å². The van der Waals surface area contributed by atoms with E-state index < -0.39 is 14.2 Å². The third kappa shape index (κ3) is 6.34. The van der Waals surface area contributed by atoms with E-state index in [0.717, 1.165) is 55.6 Å². The summed E-state index contributed by atoms with van der Waals surface area (Å²) >= 11 is 1.82. The van der Waals surface area contributed by atoms with Gasteiger partial charge in [-0.1, -0.05) is 182 Å². The summed E-state index contributed by atoms with van der Waals surface area (Å²) < 4.78 is 9.17. The van der Waals surface area contributed by atoms with Gasteiger partial charge >= 0.3 is 0 Å². The van der Waals surface area contributed by atoms with Crippen LogP contribution in [0.15, 0.2) is 239 Å². The molecule has 0 spiro atoms. The minimum atomic E-state index is -2.73. The first kappa shape index (κ1) is 37.1. The van der Waals surface area contributed by atoms with Crippen LogP contribution in [0.2, 0.25) is 0 Å². The number of aliphatic imine (C=N–C) groups is 2. The maximum absolute atomic E-state index is 6.63. The minimum absolute atomic E-state index is 0.423. The van der Waals surface area contributed by atoms with Crippen LogP contribution in [-0.2, 0) is 0 Å². The van der Waals surface area contributed by atoms with E-state index in [0.29, 0.717) is 5.84 Å². The van der Waals surface area contributed by atoms with Crippen molar-refractivity contribution in [3.05, 3.63) is 241 Å². The summed E-state index contributed by atoms with van der Waals surface area (Å²) in [5.41, 5.74) is 6.97. The van der Waals surface area contributed by atoms with Crippen LogP contribution in [0.1, 0.15) is 22.9 Å². The number of nitrogens with zero attached hydrogens (tertiary/aromatic N) is 2. The van der Waals surface area contributed by atoms with E-state index in [1.54, 1.807) is 0 Å². The predicted molar refractivity (Wildman–Crippen MR) is 267 cm³/mol. The second-order valence-electron chi connectivity index (χ2n) is 16.1. The number of hydrogen-bond acceptors (Lipinski definition) is 5. The van der Waals surface area contributed by atoms with E-state index >= 15 is 0 Å². The topological polar surface area (TPSA) is 49.9 Å². The first-order valence-corrected chi connectivity index (χ1v) is 24.2. The molecule has 0 saturated carbocycles. The summed E-state index contributed by atoms with van der Waals surface area (Å²) in [6, 6.07) is 81.0. The first-order chi connectivity index (χ1) is 31.2.